The van der Waals surface area contributed by atoms with Gasteiger partial charge in [0.2, 0.25) is 5.91 Å². The third-order valence-corrected chi connectivity index (χ3v) is 2.65. The molecule has 1 amide bonds. The maximum absolute atomic E-state index is 10.8. The van der Waals surface area contributed by atoms with Crippen LogP contribution in [0.25, 0.3) is 0 Å². The molecule has 0 heterocycles. The van der Waals surface area contributed by atoms with Crippen molar-refractivity contribution in [2.75, 3.05) is 6.26 Å². The van der Waals surface area contributed by atoms with Gasteiger partial charge in [-0.2, -0.15) is 0 Å². The number of thioether (sulfide) groups is 1. The summed E-state index contributed by atoms with van der Waals surface area (Å²) in [7, 11) is 0. The summed E-state index contributed by atoms with van der Waals surface area (Å²) in [4.78, 5) is 11.6. The lowest BCUT2D eigenvalue weighted by atomic mass is 10.2. The van der Waals surface area contributed by atoms with Crippen LogP contribution in [0.1, 0.15) is 10.4 Å². The number of carbonyl (C=O) groups excluding carboxylic acids is 1. The van der Waals surface area contributed by atoms with Crippen molar-refractivity contribution in [2.24, 2.45) is 5.73 Å². The Morgan fingerprint density at radius 1 is 1.58 bits per heavy atom. The monoisotopic (exact) mass is 201 g/mol. The van der Waals surface area contributed by atoms with Gasteiger partial charge in [0.15, 0.2) is 0 Å². The maximum Gasteiger partial charge on any atom is 0.248 e. The molecule has 0 saturated carbocycles. The van der Waals surface area contributed by atoms with E-state index < -0.39 is 5.91 Å². The first-order chi connectivity index (χ1) is 5.65. The Hall–Kier alpha value is -0.670. The van der Waals surface area contributed by atoms with E-state index in [4.69, 9.17) is 17.3 Å². The summed E-state index contributed by atoms with van der Waals surface area (Å²) in [5.41, 5.74) is 5.59. The van der Waals surface area contributed by atoms with E-state index in [1.807, 2.05) is 6.26 Å². The van der Waals surface area contributed by atoms with Gasteiger partial charge in [-0.15, -0.1) is 11.8 Å². The first kappa shape index (κ1) is 9.42. The minimum absolute atomic E-state index is 0.429. The highest BCUT2D eigenvalue weighted by molar-refractivity contribution is 7.98. The predicted octanol–water partition coefficient (Wildman–Crippen LogP) is 2.16. The van der Waals surface area contributed by atoms with Crippen molar-refractivity contribution < 1.29 is 4.79 Å². The average molecular weight is 202 g/mol. The van der Waals surface area contributed by atoms with Crippen LogP contribution in [0.2, 0.25) is 5.02 Å². The molecule has 12 heavy (non-hydrogen) atoms. The fraction of sp³-hybridized carbons (Fsp3) is 0.125. The van der Waals surface area contributed by atoms with Gasteiger partial charge in [-0.05, 0) is 24.5 Å². The Labute approximate surface area is 80.1 Å². The molecule has 2 nitrogen and oxygen atoms in total. The number of rotatable bonds is 2. The lowest BCUT2D eigenvalue weighted by molar-refractivity contribution is 0.1000. The van der Waals surface area contributed by atoms with Crippen LogP contribution in [0.5, 0.6) is 0 Å². The molecule has 0 aromatic heterocycles. The summed E-state index contributed by atoms with van der Waals surface area (Å²) in [6.45, 7) is 0. The maximum atomic E-state index is 10.8. The molecule has 0 radical (unpaired) electrons. The molecule has 1 aromatic carbocycles. The van der Waals surface area contributed by atoms with E-state index in [0.29, 0.717) is 10.6 Å². The van der Waals surface area contributed by atoms with E-state index in [9.17, 15) is 4.79 Å². The van der Waals surface area contributed by atoms with Crippen molar-refractivity contribution in [1.82, 2.24) is 0 Å². The summed E-state index contributed by atoms with van der Waals surface area (Å²) >= 11 is 7.32. The Morgan fingerprint density at radius 3 is 2.75 bits per heavy atom. The second kappa shape index (κ2) is 3.83. The zero-order valence-corrected chi connectivity index (χ0v) is 8.08. The van der Waals surface area contributed by atoms with Crippen molar-refractivity contribution in [1.29, 1.82) is 0 Å². The molecule has 64 valence electrons. The van der Waals surface area contributed by atoms with Crippen molar-refractivity contribution in [3.05, 3.63) is 28.8 Å². The molecule has 0 spiro atoms. The number of carbonyl (C=O) groups is 1. The van der Waals surface area contributed by atoms with Gasteiger partial charge in [-0.25, -0.2) is 0 Å². The van der Waals surface area contributed by atoms with Gasteiger partial charge in [0.1, 0.15) is 0 Å². The van der Waals surface area contributed by atoms with Crippen LogP contribution in [0.4, 0.5) is 0 Å². The molecular weight excluding hydrogens is 194 g/mol. The molecule has 1 rings (SSSR count). The molecule has 2 N–H and O–H groups in total. The number of primary amides is 1. The quantitative estimate of drug-likeness (QED) is 0.746. The van der Waals surface area contributed by atoms with E-state index in [-0.39, 0.29) is 0 Å². The van der Waals surface area contributed by atoms with Crippen LogP contribution in [0.15, 0.2) is 23.1 Å². The SMILES string of the molecule is CSc1cc(C(N)=O)ccc1Cl. The van der Waals surface area contributed by atoms with Crippen LogP contribution < -0.4 is 5.73 Å². The van der Waals surface area contributed by atoms with E-state index in [1.54, 1.807) is 18.2 Å². The normalized spacial score (nSPS) is 9.83. The van der Waals surface area contributed by atoms with Crippen molar-refractivity contribution >= 4 is 29.3 Å². The molecule has 0 aliphatic carbocycles. The summed E-state index contributed by atoms with van der Waals surface area (Å²) in [6, 6.07) is 4.98. The summed E-state index contributed by atoms with van der Waals surface area (Å²) < 4.78 is 0. The smallest absolute Gasteiger partial charge is 0.248 e. The number of nitrogens with two attached hydrogens (primary N) is 1. The Balaban J connectivity index is 3.13. The lowest BCUT2D eigenvalue weighted by Gasteiger charge is -2.01. The molecule has 0 bridgehead atoms. The highest BCUT2D eigenvalue weighted by Gasteiger charge is 2.03. The van der Waals surface area contributed by atoms with E-state index in [1.165, 1.54) is 11.8 Å². The fourth-order valence-corrected chi connectivity index (χ4v) is 1.67. The Bertz CT molecular complexity index is 314. The highest BCUT2D eigenvalue weighted by atomic mass is 35.5. The lowest BCUT2D eigenvalue weighted by Crippen LogP contribution is -2.10. The first-order valence-electron chi connectivity index (χ1n) is 3.28. The van der Waals surface area contributed by atoms with Gasteiger partial charge < -0.3 is 5.73 Å². The summed E-state index contributed by atoms with van der Waals surface area (Å²) in [5, 5.41) is 0.646. The number of halogens is 1. The van der Waals surface area contributed by atoms with Crippen LogP contribution in [-0.4, -0.2) is 12.2 Å². The average Bonchev–Trinajstić information content (AvgIpc) is 2.05. The molecule has 4 heteroatoms. The van der Waals surface area contributed by atoms with Gasteiger partial charge >= 0.3 is 0 Å². The van der Waals surface area contributed by atoms with Gasteiger partial charge in [-0.3, -0.25) is 4.79 Å². The third-order valence-electron chi connectivity index (χ3n) is 1.44. The minimum Gasteiger partial charge on any atom is -0.366 e. The number of benzene rings is 1. The van der Waals surface area contributed by atoms with E-state index in [0.717, 1.165) is 4.90 Å². The molecular formula is C8H8ClNOS. The predicted molar refractivity (Wildman–Crippen MR) is 51.8 cm³/mol. The Morgan fingerprint density at radius 2 is 2.25 bits per heavy atom. The number of hydrogen-bond acceptors (Lipinski definition) is 2. The summed E-state index contributed by atoms with van der Waals surface area (Å²) in [5.74, 6) is -0.429. The molecule has 0 atom stereocenters. The second-order valence-electron chi connectivity index (χ2n) is 2.21. The van der Waals surface area contributed by atoms with Crippen LogP contribution in [0, 0.1) is 0 Å². The van der Waals surface area contributed by atoms with Gasteiger partial charge in [-0.1, -0.05) is 11.6 Å². The molecule has 0 saturated heterocycles. The van der Waals surface area contributed by atoms with Crippen LogP contribution >= 0.6 is 23.4 Å². The first-order valence-corrected chi connectivity index (χ1v) is 4.88. The molecule has 0 unspecified atom stereocenters. The van der Waals surface area contributed by atoms with E-state index >= 15 is 0 Å². The number of amides is 1. The molecule has 1 aromatic rings. The van der Waals surface area contributed by atoms with Crippen molar-refractivity contribution in [3.8, 4) is 0 Å². The van der Waals surface area contributed by atoms with Crippen molar-refractivity contribution in [3.63, 3.8) is 0 Å². The van der Waals surface area contributed by atoms with Crippen molar-refractivity contribution in [2.45, 2.75) is 4.90 Å². The second-order valence-corrected chi connectivity index (χ2v) is 3.47. The third kappa shape index (κ3) is 1.93. The van der Waals surface area contributed by atoms with E-state index in [2.05, 4.69) is 0 Å². The van der Waals surface area contributed by atoms with Crippen LogP contribution in [-0.2, 0) is 0 Å². The fourth-order valence-electron chi connectivity index (χ4n) is 0.813. The topological polar surface area (TPSA) is 43.1 Å². The zero-order chi connectivity index (χ0) is 9.14. The van der Waals surface area contributed by atoms with Crippen LogP contribution in [0.3, 0.4) is 0 Å². The standard InChI is InChI=1S/C8H8ClNOS/c1-12-7-4-5(8(10)11)2-3-6(7)9/h2-4H,1H3,(H2,10,11). The Kier molecular flexibility index (Phi) is 3.00. The molecule has 0 aliphatic rings. The minimum atomic E-state index is -0.429. The van der Waals surface area contributed by atoms with Gasteiger partial charge in [0, 0.05) is 10.5 Å². The summed E-state index contributed by atoms with van der Waals surface area (Å²) in [6.07, 6.45) is 1.89. The number of hydrogen-bond donors (Lipinski definition) is 1. The largest absolute Gasteiger partial charge is 0.366 e. The molecule has 0 aliphatic heterocycles. The van der Waals surface area contributed by atoms with Gasteiger partial charge in [0.25, 0.3) is 0 Å². The zero-order valence-electron chi connectivity index (χ0n) is 6.50. The highest BCUT2D eigenvalue weighted by Crippen LogP contribution is 2.25. The van der Waals surface area contributed by atoms with Gasteiger partial charge in [0.05, 0.1) is 5.02 Å². The molecule has 0 fully saturated rings.